The van der Waals surface area contributed by atoms with Gasteiger partial charge in [0, 0.05) is 11.9 Å². The van der Waals surface area contributed by atoms with Crippen LogP contribution >= 0.6 is 11.3 Å². The van der Waals surface area contributed by atoms with E-state index in [9.17, 15) is 4.79 Å². The molecule has 0 atom stereocenters. The molecule has 0 radical (unpaired) electrons. The summed E-state index contributed by atoms with van der Waals surface area (Å²) < 4.78 is 10.9. The van der Waals surface area contributed by atoms with Gasteiger partial charge in [-0.25, -0.2) is 4.98 Å². The van der Waals surface area contributed by atoms with Gasteiger partial charge in [-0.2, -0.15) is 0 Å². The Bertz CT molecular complexity index is 808. The van der Waals surface area contributed by atoms with Crippen molar-refractivity contribution in [3.8, 4) is 16.5 Å². The molecule has 25 heavy (non-hydrogen) atoms. The highest BCUT2D eigenvalue weighted by atomic mass is 32.1. The lowest BCUT2D eigenvalue weighted by molar-refractivity contribution is -0.120. The minimum absolute atomic E-state index is 0.0567. The van der Waals surface area contributed by atoms with Crippen molar-refractivity contribution >= 4 is 17.2 Å². The summed E-state index contributed by atoms with van der Waals surface area (Å²) >= 11 is 1.47. The van der Waals surface area contributed by atoms with Crippen LogP contribution in [0.1, 0.15) is 25.1 Å². The van der Waals surface area contributed by atoms with Crippen LogP contribution in [0, 0.1) is 0 Å². The zero-order valence-corrected chi connectivity index (χ0v) is 15.0. The van der Waals surface area contributed by atoms with Crippen LogP contribution in [0.15, 0.2) is 52.5 Å². The first-order valence-corrected chi connectivity index (χ1v) is 8.98. The van der Waals surface area contributed by atoms with Gasteiger partial charge in [-0.05, 0) is 43.7 Å². The first-order valence-electron chi connectivity index (χ1n) is 8.11. The molecule has 0 aliphatic heterocycles. The van der Waals surface area contributed by atoms with E-state index in [2.05, 4.69) is 10.3 Å². The number of nitrogens with one attached hydrogen (secondary N) is 1. The predicted octanol–water partition coefficient (Wildman–Crippen LogP) is 4.05. The third kappa shape index (κ3) is 4.93. The summed E-state index contributed by atoms with van der Waals surface area (Å²) in [6.45, 7) is 4.46. The molecule has 3 rings (SSSR count). The zero-order valence-electron chi connectivity index (χ0n) is 14.2. The SMILES string of the molecule is CC(C)Oc1ccc(CNC(=O)Cc2csc(-c3ccco3)n2)cc1. The van der Waals surface area contributed by atoms with Gasteiger partial charge < -0.3 is 14.5 Å². The molecular formula is C19H20N2O3S. The number of benzene rings is 1. The first kappa shape index (κ1) is 17.2. The fourth-order valence-electron chi connectivity index (χ4n) is 2.29. The van der Waals surface area contributed by atoms with Gasteiger partial charge in [0.2, 0.25) is 5.91 Å². The molecule has 0 saturated heterocycles. The van der Waals surface area contributed by atoms with Crippen molar-refractivity contribution in [2.45, 2.75) is 32.9 Å². The summed E-state index contributed by atoms with van der Waals surface area (Å²) in [4.78, 5) is 16.5. The number of carbonyl (C=O) groups excluding carboxylic acids is 1. The van der Waals surface area contributed by atoms with Crippen LogP contribution in [-0.4, -0.2) is 17.0 Å². The number of ether oxygens (including phenoxy) is 1. The molecule has 130 valence electrons. The van der Waals surface area contributed by atoms with E-state index < -0.39 is 0 Å². The Morgan fingerprint density at radius 1 is 1.28 bits per heavy atom. The van der Waals surface area contributed by atoms with Crippen molar-refractivity contribution < 1.29 is 13.9 Å². The first-order chi connectivity index (χ1) is 12.1. The van der Waals surface area contributed by atoms with Crippen molar-refractivity contribution in [2.75, 3.05) is 0 Å². The second kappa shape index (κ2) is 7.98. The van der Waals surface area contributed by atoms with E-state index in [1.165, 1.54) is 11.3 Å². The fraction of sp³-hybridized carbons (Fsp3) is 0.263. The van der Waals surface area contributed by atoms with Gasteiger partial charge in [0.1, 0.15) is 5.75 Å². The fourth-order valence-corrected chi connectivity index (χ4v) is 3.07. The monoisotopic (exact) mass is 356 g/mol. The minimum Gasteiger partial charge on any atom is -0.491 e. The van der Waals surface area contributed by atoms with Crippen LogP contribution in [0.5, 0.6) is 5.75 Å². The van der Waals surface area contributed by atoms with Gasteiger partial charge in [-0.3, -0.25) is 4.79 Å². The second-order valence-electron chi connectivity index (χ2n) is 5.89. The Labute approximate surface area is 150 Å². The second-order valence-corrected chi connectivity index (χ2v) is 6.74. The molecule has 6 heteroatoms. The lowest BCUT2D eigenvalue weighted by atomic mass is 10.2. The summed E-state index contributed by atoms with van der Waals surface area (Å²) in [5, 5.41) is 5.58. The van der Waals surface area contributed by atoms with Gasteiger partial charge in [0.25, 0.3) is 0 Å². The molecule has 1 aromatic carbocycles. The molecule has 3 aromatic rings. The van der Waals surface area contributed by atoms with Gasteiger partial charge in [-0.1, -0.05) is 12.1 Å². The van der Waals surface area contributed by atoms with Crippen LogP contribution in [0.2, 0.25) is 0 Å². The van der Waals surface area contributed by atoms with Crippen molar-refractivity contribution in [2.24, 2.45) is 0 Å². The molecule has 2 heterocycles. The van der Waals surface area contributed by atoms with Gasteiger partial charge in [0.15, 0.2) is 10.8 Å². The summed E-state index contributed by atoms with van der Waals surface area (Å²) in [5.74, 6) is 1.50. The minimum atomic E-state index is -0.0567. The summed E-state index contributed by atoms with van der Waals surface area (Å²) in [7, 11) is 0. The third-order valence-electron chi connectivity index (χ3n) is 3.41. The Balaban J connectivity index is 1.49. The quantitative estimate of drug-likeness (QED) is 0.694. The van der Waals surface area contributed by atoms with E-state index >= 15 is 0 Å². The maximum Gasteiger partial charge on any atom is 0.226 e. The molecule has 0 aliphatic carbocycles. The predicted molar refractivity (Wildman–Crippen MR) is 97.6 cm³/mol. The Morgan fingerprint density at radius 2 is 2.08 bits per heavy atom. The largest absolute Gasteiger partial charge is 0.491 e. The van der Waals surface area contributed by atoms with E-state index in [1.54, 1.807) is 6.26 Å². The smallest absolute Gasteiger partial charge is 0.226 e. The summed E-state index contributed by atoms with van der Waals surface area (Å²) in [6.07, 6.45) is 2.02. The average molecular weight is 356 g/mol. The molecule has 2 aromatic heterocycles. The van der Waals surface area contributed by atoms with E-state index in [1.807, 2.05) is 55.6 Å². The van der Waals surface area contributed by atoms with Crippen molar-refractivity contribution in [1.82, 2.24) is 10.3 Å². The number of aromatic nitrogens is 1. The van der Waals surface area contributed by atoms with Gasteiger partial charge >= 0.3 is 0 Å². The van der Waals surface area contributed by atoms with E-state index in [-0.39, 0.29) is 18.4 Å². The standard InChI is InChI=1S/C19H20N2O3S/c1-13(2)24-16-7-5-14(6-8-16)11-20-18(22)10-15-12-25-19(21-15)17-4-3-9-23-17/h3-9,12-13H,10-11H2,1-2H3,(H,20,22). The lowest BCUT2D eigenvalue weighted by Crippen LogP contribution is -2.24. The lowest BCUT2D eigenvalue weighted by Gasteiger charge is -2.10. The summed E-state index contributed by atoms with van der Waals surface area (Å²) in [5.41, 5.74) is 1.77. The maximum atomic E-state index is 12.1. The van der Waals surface area contributed by atoms with E-state index in [0.29, 0.717) is 6.54 Å². The molecule has 0 bridgehead atoms. The van der Waals surface area contributed by atoms with Crippen LogP contribution in [0.3, 0.4) is 0 Å². The number of hydrogen-bond acceptors (Lipinski definition) is 5. The van der Waals surface area contributed by atoms with Crippen molar-refractivity contribution in [1.29, 1.82) is 0 Å². The number of amides is 1. The van der Waals surface area contributed by atoms with Crippen LogP contribution < -0.4 is 10.1 Å². The average Bonchev–Trinajstić information content (AvgIpc) is 3.25. The molecule has 0 saturated carbocycles. The number of carbonyl (C=O) groups is 1. The maximum absolute atomic E-state index is 12.1. The van der Waals surface area contributed by atoms with Crippen LogP contribution in [0.4, 0.5) is 0 Å². The van der Waals surface area contributed by atoms with Crippen molar-refractivity contribution in [3.05, 3.63) is 59.3 Å². The molecule has 0 aliphatic rings. The number of furan rings is 1. The van der Waals surface area contributed by atoms with Crippen LogP contribution in [0.25, 0.3) is 10.8 Å². The highest BCUT2D eigenvalue weighted by Crippen LogP contribution is 2.24. The Morgan fingerprint density at radius 3 is 2.76 bits per heavy atom. The van der Waals surface area contributed by atoms with Gasteiger partial charge in [-0.15, -0.1) is 11.3 Å². The van der Waals surface area contributed by atoms with Crippen LogP contribution in [-0.2, 0) is 17.8 Å². The molecule has 0 spiro atoms. The Hall–Kier alpha value is -2.60. The normalized spacial score (nSPS) is 10.8. The van der Waals surface area contributed by atoms with Crippen molar-refractivity contribution in [3.63, 3.8) is 0 Å². The van der Waals surface area contributed by atoms with E-state index in [0.717, 1.165) is 27.8 Å². The molecular weight excluding hydrogens is 336 g/mol. The molecule has 0 unspecified atom stereocenters. The topological polar surface area (TPSA) is 64.4 Å². The molecule has 1 amide bonds. The van der Waals surface area contributed by atoms with E-state index in [4.69, 9.17) is 9.15 Å². The number of hydrogen-bond donors (Lipinski definition) is 1. The highest BCUT2D eigenvalue weighted by Gasteiger charge is 2.10. The zero-order chi connectivity index (χ0) is 17.6. The summed E-state index contributed by atoms with van der Waals surface area (Å²) in [6, 6.07) is 11.4. The number of nitrogens with zero attached hydrogens (tertiary/aromatic N) is 1. The van der Waals surface area contributed by atoms with Gasteiger partial charge in [0.05, 0.1) is 24.5 Å². The highest BCUT2D eigenvalue weighted by molar-refractivity contribution is 7.13. The number of rotatable bonds is 7. The Kier molecular flexibility index (Phi) is 5.50. The third-order valence-corrected chi connectivity index (χ3v) is 4.32. The molecule has 1 N–H and O–H groups in total. The molecule has 5 nitrogen and oxygen atoms in total. The molecule has 0 fully saturated rings. The number of thiazole rings is 1.